The van der Waals surface area contributed by atoms with Crippen molar-refractivity contribution in [2.45, 2.75) is 19.8 Å². The molecule has 2 aromatic rings. The summed E-state index contributed by atoms with van der Waals surface area (Å²) in [5, 5.41) is 2.53. The molecule has 21 heavy (non-hydrogen) atoms. The second kappa shape index (κ2) is 6.40. The van der Waals surface area contributed by atoms with E-state index >= 15 is 0 Å². The van der Waals surface area contributed by atoms with Gasteiger partial charge in [-0.25, -0.2) is 29.0 Å². The quantitative estimate of drug-likeness (QED) is 0.584. The lowest BCUT2D eigenvalue weighted by molar-refractivity contribution is 0.548. The largest absolute Gasteiger partial charge is 0.335 e. The number of nitrogens with zero attached hydrogens (tertiary/aromatic N) is 2. The molecule has 0 amide bonds. The van der Waals surface area contributed by atoms with Crippen LogP contribution in [0.4, 0.5) is 30.5 Å². The van der Waals surface area contributed by atoms with Gasteiger partial charge < -0.3 is 10.7 Å². The maximum Gasteiger partial charge on any atom is 0.152 e. The fourth-order valence-electron chi connectivity index (χ4n) is 1.91. The molecule has 5 nitrogen and oxygen atoms in total. The standard InChI is InChI=1S/C13H14F3N5/c1-2-3-8-12(18-6-19-13(8)21-17)20-11-9(15)4-7(14)5-10(11)16/h4-6H,2-3,17H2,1H3,(H2,18,19,20,21). The van der Waals surface area contributed by atoms with Gasteiger partial charge in [-0.15, -0.1) is 0 Å². The van der Waals surface area contributed by atoms with Gasteiger partial charge in [0.15, 0.2) is 11.6 Å². The lowest BCUT2D eigenvalue weighted by atomic mass is 10.1. The summed E-state index contributed by atoms with van der Waals surface area (Å²) in [6.45, 7) is 1.93. The van der Waals surface area contributed by atoms with Crippen LogP contribution in [0.25, 0.3) is 0 Å². The zero-order chi connectivity index (χ0) is 15.4. The van der Waals surface area contributed by atoms with E-state index < -0.39 is 23.1 Å². The number of anilines is 3. The van der Waals surface area contributed by atoms with Crippen molar-refractivity contribution in [2.75, 3.05) is 10.7 Å². The van der Waals surface area contributed by atoms with Gasteiger partial charge in [-0.2, -0.15) is 0 Å². The average molecular weight is 297 g/mol. The number of hydrogen-bond acceptors (Lipinski definition) is 5. The first kappa shape index (κ1) is 15.0. The molecular formula is C13H14F3N5. The van der Waals surface area contributed by atoms with E-state index in [0.29, 0.717) is 29.9 Å². The average Bonchev–Trinajstić information content (AvgIpc) is 2.44. The number of benzene rings is 1. The summed E-state index contributed by atoms with van der Waals surface area (Å²) in [5.74, 6) is 2.85. The molecule has 0 aliphatic carbocycles. The Morgan fingerprint density at radius 3 is 2.29 bits per heavy atom. The van der Waals surface area contributed by atoms with Gasteiger partial charge in [0, 0.05) is 17.7 Å². The zero-order valence-electron chi connectivity index (χ0n) is 11.3. The van der Waals surface area contributed by atoms with Crippen molar-refractivity contribution in [2.24, 2.45) is 5.84 Å². The van der Waals surface area contributed by atoms with Gasteiger partial charge in [0.25, 0.3) is 0 Å². The molecule has 8 heteroatoms. The molecule has 0 atom stereocenters. The second-order valence-corrected chi connectivity index (χ2v) is 4.31. The third kappa shape index (κ3) is 3.22. The van der Waals surface area contributed by atoms with Crippen molar-refractivity contribution in [3.05, 3.63) is 41.5 Å². The fourth-order valence-corrected chi connectivity index (χ4v) is 1.91. The topological polar surface area (TPSA) is 75.9 Å². The summed E-state index contributed by atoms with van der Waals surface area (Å²) >= 11 is 0. The van der Waals surface area contributed by atoms with Gasteiger partial charge in [0.05, 0.1) is 0 Å². The van der Waals surface area contributed by atoms with Gasteiger partial charge >= 0.3 is 0 Å². The number of aromatic nitrogens is 2. The molecule has 0 unspecified atom stereocenters. The number of nitrogens with two attached hydrogens (primary N) is 1. The maximum atomic E-state index is 13.7. The molecule has 0 spiro atoms. The molecule has 0 aliphatic heterocycles. The third-order valence-corrected chi connectivity index (χ3v) is 2.83. The van der Waals surface area contributed by atoms with Crippen molar-refractivity contribution in [1.29, 1.82) is 0 Å². The first-order valence-electron chi connectivity index (χ1n) is 6.28. The van der Waals surface area contributed by atoms with Gasteiger partial charge in [-0.3, -0.25) is 0 Å². The molecule has 0 aliphatic rings. The summed E-state index contributed by atoms with van der Waals surface area (Å²) in [4.78, 5) is 7.90. The first-order valence-corrected chi connectivity index (χ1v) is 6.28. The van der Waals surface area contributed by atoms with Crippen LogP contribution in [-0.4, -0.2) is 9.97 Å². The molecule has 1 aromatic carbocycles. The van der Waals surface area contributed by atoms with Crippen LogP contribution in [-0.2, 0) is 6.42 Å². The number of halogens is 3. The predicted octanol–water partition coefficient (Wildman–Crippen LogP) is 2.88. The summed E-state index contributed by atoms with van der Waals surface area (Å²) in [6, 6.07) is 1.18. The van der Waals surface area contributed by atoms with Crippen LogP contribution >= 0.6 is 0 Å². The van der Waals surface area contributed by atoms with Crippen molar-refractivity contribution < 1.29 is 13.2 Å². The van der Waals surface area contributed by atoms with Crippen LogP contribution in [0.1, 0.15) is 18.9 Å². The lowest BCUT2D eigenvalue weighted by Crippen LogP contribution is -2.13. The Kier molecular flexibility index (Phi) is 4.59. The molecule has 4 N–H and O–H groups in total. The molecule has 0 fully saturated rings. The Hall–Kier alpha value is -2.35. The van der Waals surface area contributed by atoms with E-state index in [0.717, 1.165) is 6.42 Å². The van der Waals surface area contributed by atoms with E-state index in [2.05, 4.69) is 20.7 Å². The Balaban J connectivity index is 2.44. The number of nitrogens with one attached hydrogen (secondary N) is 2. The van der Waals surface area contributed by atoms with Gasteiger partial charge in [-0.1, -0.05) is 13.3 Å². The van der Waals surface area contributed by atoms with E-state index in [4.69, 9.17) is 5.84 Å². The monoisotopic (exact) mass is 297 g/mol. The highest BCUT2D eigenvalue weighted by Crippen LogP contribution is 2.28. The zero-order valence-corrected chi connectivity index (χ0v) is 11.3. The van der Waals surface area contributed by atoms with Crippen LogP contribution in [0.2, 0.25) is 0 Å². The Morgan fingerprint density at radius 1 is 1.10 bits per heavy atom. The molecule has 1 heterocycles. The molecular weight excluding hydrogens is 283 g/mol. The van der Waals surface area contributed by atoms with E-state index in [9.17, 15) is 13.2 Å². The van der Waals surface area contributed by atoms with Crippen molar-refractivity contribution in [3.8, 4) is 0 Å². The van der Waals surface area contributed by atoms with E-state index in [1.54, 1.807) is 0 Å². The predicted molar refractivity (Wildman–Crippen MR) is 73.4 cm³/mol. The second-order valence-electron chi connectivity index (χ2n) is 4.31. The number of nitrogen functional groups attached to an aromatic ring is 1. The van der Waals surface area contributed by atoms with Gasteiger partial charge in [0.1, 0.15) is 29.5 Å². The van der Waals surface area contributed by atoms with Crippen LogP contribution in [0.3, 0.4) is 0 Å². The third-order valence-electron chi connectivity index (χ3n) is 2.83. The number of hydrogen-bond donors (Lipinski definition) is 3. The number of hydrazine groups is 1. The normalized spacial score (nSPS) is 10.5. The van der Waals surface area contributed by atoms with Gasteiger partial charge in [0.2, 0.25) is 0 Å². The SMILES string of the molecule is CCCc1c(NN)ncnc1Nc1c(F)cc(F)cc1F. The summed E-state index contributed by atoms with van der Waals surface area (Å²) in [7, 11) is 0. The van der Waals surface area contributed by atoms with Crippen LogP contribution in [0.5, 0.6) is 0 Å². The van der Waals surface area contributed by atoms with Crippen LogP contribution in [0.15, 0.2) is 18.5 Å². The summed E-state index contributed by atoms with van der Waals surface area (Å²) in [5.41, 5.74) is 2.52. The van der Waals surface area contributed by atoms with Crippen molar-refractivity contribution in [3.63, 3.8) is 0 Å². The maximum absolute atomic E-state index is 13.7. The minimum Gasteiger partial charge on any atom is -0.335 e. The molecule has 112 valence electrons. The molecule has 0 bridgehead atoms. The first-order chi connectivity index (χ1) is 10.1. The highest BCUT2D eigenvalue weighted by Gasteiger charge is 2.16. The van der Waals surface area contributed by atoms with E-state index in [1.807, 2.05) is 6.92 Å². The molecule has 2 rings (SSSR count). The van der Waals surface area contributed by atoms with E-state index in [1.165, 1.54) is 6.33 Å². The molecule has 0 saturated carbocycles. The highest BCUT2D eigenvalue weighted by molar-refractivity contribution is 5.65. The van der Waals surface area contributed by atoms with Crippen molar-refractivity contribution in [1.82, 2.24) is 9.97 Å². The minimum absolute atomic E-state index is 0.212. The highest BCUT2D eigenvalue weighted by atomic mass is 19.1. The molecule has 0 radical (unpaired) electrons. The Bertz CT molecular complexity index is 625. The minimum atomic E-state index is -1.05. The summed E-state index contributed by atoms with van der Waals surface area (Å²) in [6.07, 6.45) is 2.51. The lowest BCUT2D eigenvalue weighted by Gasteiger charge is -2.14. The number of rotatable bonds is 5. The van der Waals surface area contributed by atoms with Crippen LogP contribution in [0, 0.1) is 17.5 Å². The smallest absolute Gasteiger partial charge is 0.152 e. The van der Waals surface area contributed by atoms with Crippen LogP contribution < -0.4 is 16.6 Å². The molecule has 1 aromatic heterocycles. The fraction of sp³-hybridized carbons (Fsp3) is 0.231. The van der Waals surface area contributed by atoms with Gasteiger partial charge in [-0.05, 0) is 6.42 Å². The van der Waals surface area contributed by atoms with Crippen molar-refractivity contribution >= 4 is 17.3 Å². The summed E-state index contributed by atoms with van der Waals surface area (Å²) < 4.78 is 40.2. The Morgan fingerprint density at radius 2 is 1.71 bits per heavy atom. The van der Waals surface area contributed by atoms with E-state index in [-0.39, 0.29) is 5.82 Å². The Labute approximate surface area is 119 Å². The molecule has 0 saturated heterocycles.